The van der Waals surface area contributed by atoms with Crippen LogP contribution >= 0.6 is 12.4 Å². The average Bonchev–Trinajstić information content (AvgIpc) is 2.42. The first kappa shape index (κ1) is 18.9. The lowest BCUT2D eigenvalue weighted by molar-refractivity contribution is 0.345. The Morgan fingerprint density at radius 3 is 1.85 bits per heavy atom. The molecule has 0 radical (unpaired) electrons. The van der Waals surface area contributed by atoms with Gasteiger partial charge in [0.15, 0.2) is 11.5 Å². The summed E-state index contributed by atoms with van der Waals surface area (Å²) in [7, 11) is 4.86. The molecular weight excluding hydrogens is 278 g/mol. The van der Waals surface area contributed by atoms with Crippen LogP contribution in [0.1, 0.15) is 38.3 Å². The van der Waals surface area contributed by atoms with Crippen LogP contribution in [0.4, 0.5) is 0 Å². The molecule has 0 bridgehead atoms. The van der Waals surface area contributed by atoms with E-state index in [1.807, 2.05) is 12.1 Å². The Bertz CT molecular complexity index is 410. The lowest BCUT2D eigenvalue weighted by Gasteiger charge is -2.19. The van der Waals surface area contributed by atoms with Crippen molar-refractivity contribution in [3.63, 3.8) is 0 Å². The minimum Gasteiger partial charge on any atom is -0.496 e. The van der Waals surface area contributed by atoms with E-state index in [0.29, 0.717) is 17.4 Å². The summed E-state index contributed by atoms with van der Waals surface area (Å²) < 4.78 is 16.0. The number of ether oxygens (including phenoxy) is 3. The number of benzene rings is 1. The van der Waals surface area contributed by atoms with E-state index in [2.05, 4.69) is 13.8 Å². The van der Waals surface area contributed by atoms with Gasteiger partial charge in [0.2, 0.25) is 0 Å². The molecular formula is C15H26ClNO3. The number of nitrogens with two attached hydrogens (primary N) is 1. The second-order valence-electron chi connectivity index (χ2n) is 5.03. The van der Waals surface area contributed by atoms with Crippen LogP contribution in [0.5, 0.6) is 17.2 Å². The average molecular weight is 304 g/mol. The first-order valence-corrected chi connectivity index (χ1v) is 6.59. The van der Waals surface area contributed by atoms with Gasteiger partial charge in [-0.2, -0.15) is 0 Å². The van der Waals surface area contributed by atoms with Gasteiger partial charge in [-0.25, -0.2) is 0 Å². The van der Waals surface area contributed by atoms with Crippen LogP contribution < -0.4 is 19.9 Å². The van der Waals surface area contributed by atoms with Gasteiger partial charge in [-0.05, 0) is 24.8 Å². The van der Waals surface area contributed by atoms with Crippen molar-refractivity contribution >= 4 is 12.4 Å². The summed E-state index contributed by atoms with van der Waals surface area (Å²) in [5, 5.41) is 0. The molecule has 0 aliphatic carbocycles. The molecule has 0 saturated carbocycles. The zero-order valence-electron chi connectivity index (χ0n) is 12.9. The van der Waals surface area contributed by atoms with Crippen LogP contribution in [-0.4, -0.2) is 21.3 Å². The quantitative estimate of drug-likeness (QED) is 0.836. The third-order valence-corrected chi connectivity index (χ3v) is 3.19. The molecule has 1 rings (SSSR count). The van der Waals surface area contributed by atoms with Crippen molar-refractivity contribution < 1.29 is 14.2 Å². The van der Waals surface area contributed by atoms with Crippen molar-refractivity contribution in [2.75, 3.05) is 21.3 Å². The van der Waals surface area contributed by atoms with Gasteiger partial charge in [0.1, 0.15) is 5.75 Å². The molecule has 0 amide bonds. The van der Waals surface area contributed by atoms with Crippen molar-refractivity contribution in [3.8, 4) is 17.2 Å². The molecule has 5 heteroatoms. The second-order valence-corrected chi connectivity index (χ2v) is 5.03. The molecule has 1 aromatic rings. The van der Waals surface area contributed by atoms with Crippen LogP contribution in [0, 0.1) is 5.92 Å². The number of rotatable bonds is 7. The Hall–Kier alpha value is -1.13. The first-order chi connectivity index (χ1) is 9.03. The lowest BCUT2D eigenvalue weighted by atomic mass is 9.97. The smallest absolute Gasteiger partial charge is 0.164 e. The van der Waals surface area contributed by atoms with Crippen molar-refractivity contribution in [3.05, 3.63) is 17.7 Å². The fraction of sp³-hybridized carbons (Fsp3) is 0.600. The SMILES string of the molecule is COc1cc(OC)c([C@H](N)CCC(C)C)cc1OC.Cl. The zero-order valence-corrected chi connectivity index (χ0v) is 13.8. The maximum Gasteiger partial charge on any atom is 0.164 e. The maximum atomic E-state index is 6.26. The van der Waals surface area contributed by atoms with E-state index in [0.717, 1.165) is 24.2 Å². The van der Waals surface area contributed by atoms with E-state index < -0.39 is 0 Å². The van der Waals surface area contributed by atoms with Gasteiger partial charge in [0.25, 0.3) is 0 Å². The van der Waals surface area contributed by atoms with Gasteiger partial charge in [0, 0.05) is 17.7 Å². The first-order valence-electron chi connectivity index (χ1n) is 6.59. The Morgan fingerprint density at radius 1 is 0.900 bits per heavy atom. The van der Waals surface area contributed by atoms with Crippen molar-refractivity contribution in [1.82, 2.24) is 0 Å². The van der Waals surface area contributed by atoms with Gasteiger partial charge in [-0.15, -0.1) is 12.4 Å². The highest BCUT2D eigenvalue weighted by Gasteiger charge is 2.17. The molecule has 4 nitrogen and oxygen atoms in total. The zero-order chi connectivity index (χ0) is 14.4. The topological polar surface area (TPSA) is 53.7 Å². The summed E-state index contributed by atoms with van der Waals surface area (Å²) in [6, 6.07) is 3.67. The van der Waals surface area contributed by atoms with Gasteiger partial charge in [-0.3, -0.25) is 0 Å². The molecule has 0 unspecified atom stereocenters. The highest BCUT2D eigenvalue weighted by molar-refractivity contribution is 5.85. The van der Waals surface area contributed by atoms with E-state index in [1.165, 1.54) is 0 Å². The summed E-state index contributed by atoms with van der Waals surface area (Å²) >= 11 is 0. The highest BCUT2D eigenvalue weighted by atomic mass is 35.5. The molecule has 0 aromatic heterocycles. The number of hydrogen-bond donors (Lipinski definition) is 1. The summed E-state index contributed by atoms with van der Waals surface area (Å²) in [4.78, 5) is 0. The van der Waals surface area contributed by atoms with E-state index >= 15 is 0 Å². The summed E-state index contributed by atoms with van der Waals surface area (Å²) in [5.74, 6) is 2.71. The molecule has 0 spiro atoms. The Kier molecular flexibility index (Phi) is 8.42. The largest absolute Gasteiger partial charge is 0.496 e. The van der Waals surface area contributed by atoms with Crippen molar-refractivity contribution in [2.45, 2.75) is 32.7 Å². The summed E-state index contributed by atoms with van der Waals surface area (Å²) in [5.41, 5.74) is 7.22. The predicted molar refractivity (Wildman–Crippen MR) is 84.3 cm³/mol. The van der Waals surface area contributed by atoms with Gasteiger partial charge in [-0.1, -0.05) is 13.8 Å². The van der Waals surface area contributed by atoms with E-state index in [4.69, 9.17) is 19.9 Å². The van der Waals surface area contributed by atoms with Gasteiger partial charge >= 0.3 is 0 Å². The van der Waals surface area contributed by atoms with Crippen LogP contribution in [0.3, 0.4) is 0 Å². The van der Waals surface area contributed by atoms with Crippen LogP contribution in [0.25, 0.3) is 0 Å². The summed E-state index contributed by atoms with van der Waals surface area (Å²) in [6.45, 7) is 4.39. The standard InChI is InChI=1S/C15H25NO3.ClH/c1-10(2)6-7-12(16)11-8-14(18-4)15(19-5)9-13(11)17-3;/h8-10,12H,6-7,16H2,1-5H3;1H/t12-;/m1./s1. The molecule has 2 N–H and O–H groups in total. The molecule has 0 heterocycles. The monoisotopic (exact) mass is 303 g/mol. The van der Waals surface area contributed by atoms with Gasteiger partial charge in [0.05, 0.1) is 21.3 Å². The lowest BCUT2D eigenvalue weighted by Crippen LogP contribution is -2.13. The van der Waals surface area contributed by atoms with Crippen molar-refractivity contribution in [1.29, 1.82) is 0 Å². The molecule has 20 heavy (non-hydrogen) atoms. The van der Waals surface area contributed by atoms with Crippen LogP contribution in [0.2, 0.25) is 0 Å². The normalized spacial score (nSPS) is 11.8. The molecule has 1 aromatic carbocycles. The van der Waals surface area contributed by atoms with E-state index in [-0.39, 0.29) is 18.4 Å². The third kappa shape index (κ3) is 4.76. The molecule has 0 aliphatic rings. The third-order valence-electron chi connectivity index (χ3n) is 3.19. The minimum atomic E-state index is -0.0582. The van der Waals surface area contributed by atoms with Crippen LogP contribution in [-0.2, 0) is 0 Å². The Morgan fingerprint density at radius 2 is 1.40 bits per heavy atom. The molecule has 0 aliphatic heterocycles. The molecule has 0 saturated heterocycles. The molecule has 116 valence electrons. The fourth-order valence-electron chi connectivity index (χ4n) is 2.01. The molecule has 0 fully saturated rings. The van der Waals surface area contributed by atoms with E-state index in [1.54, 1.807) is 21.3 Å². The van der Waals surface area contributed by atoms with E-state index in [9.17, 15) is 0 Å². The number of methoxy groups -OCH3 is 3. The Labute approximate surface area is 128 Å². The maximum absolute atomic E-state index is 6.26. The number of hydrogen-bond acceptors (Lipinski definition) is 4. The van der Waals surface area contributed by atoms with Gasteiger partial charge < -0.3 is 19.9 Å². The minimum absolute atomic E-state index is 0. The van der Waals surface area contributed by atoms with Crippen molar-refractivity contribution in [2.24, 2.45) is 11.7 Å². The number of halogens is 1. The van der Waals surface area contributed by atoms with Crippen LogP contribution in [0.15, 0.2) is 12.1 Å². The molecule has 1 atom stereocenters. The fourth-order valence-corrected chi connectivity index (χ4v) is 2.01. The summed E-state index contributed by atoms with van der Waals surface area (Å²) in [6.07, 6.45) is 2.00. The predicted octanol–water partition coefficient (Wildman–Crippen LogP) is 3.57. The highest BCUT2D eigenvalue weighted by Crippen LogP contribution is 2.38. The Balaban J connectivity index is 0.00000361. The second kappa shape index (κ2) is 8.93.